The lowest BCUT2D eigenvalue weighted by Gasteiger charge is -2.23. The third-order valence-corrected chi connectivity index (χ3v) is 6.09. The van der Waals surface area contributed by atoms with Crippen LogP contribution in [-0.2, 0) is 10.5 Å². The van der Waals surface area contributed by atoms with Crippen molar-refractivity contribution >= 4 is 57.3 Å². The molecule has 1 N–H and O–H groups in total. The highest BCUT2D eigenvalue weighted by Crippen LogP contribution is 2.32. The van der Waals surface area contributed by atoms with Gasteiger partial charge in [-0.3, -0.25) is 4.79 Å². The van der Waals surface area contributed by atoms with Crippen LogP contribution >= 0.6 is 46.3 Å². The number of carbonyl (C=O) groups excluding carboxylic acids is 1. The van der Waals surface area contributed by atoms with E-state index in [4.69, 9.17) is 23.2 Å². The van der Waals surface area contributed by atoms with E-state index in [1.807, 2.05) is 12.1 Å². The lowest BCUT2D eigenvalue weighted by molar-refractivity contribution is -0.122. The van der Waals surface area contributed by atoms with Gasteiger partial charge in [-0.05, 0) is 30.5 Å². The molecule has 1 saturated carbocycles. The van der Waals surface area contributed by atoms with Crippen molar-refractivity contribution in [2.45, 2.75) is 29.4 Å². The summed E-state index contributed by atoms with van der Waals surface area (Å²) in [5, 5.41) is 12.7. The van der Waals surface area contributed by atoms with Crippen molar-refractivity contribution in [1.82, 2.24) is 10.2 Å². The molecule has 0 unspecified atom stereocenters. The summed E-state index contributed by atoms with van der Waals surface area (Å²) >= 11 is 14.9. The molecule has 0 spiro atoms. The fourth-order valence-corrected chi connectivity index (χ4v) is 4.29. The van der Waals surface area contributed by atoms with Gasteiger partial charge in [-0.1, -0.05) is 58.8 Å². The third kappa shape index (κ3) is 3.93. The van der Waals surface area contributed by atoms with Crippen LogP contribution in [0, 0.1) is 5.92 Å². The molecule has 1 aliphatic rings. The van der Waals surface area contributed by atoms with E-state index < -0.39 is 0 Å². The van der Waals surface area contributed by atoms with Crippen molar-refractivity contribution in [1.29, 1.82) is 0 Å². The first-order valence-electron chi connectivity index (χ1n) is 6.83. The predicted octanol–water partition coefficient (Wildman–Crippen LogP) is 4.88. The second kappa shape index (κ2) is 7.17. The lowest BCUT2D eigenvalue weighted by Crippen LogP contribution is -2.27. The van der Waals surface area contributed by atoms with Crippen LogP contribution in [0.4, 0.5) is 5.13 Å². The number of hydrogen-bond acceptors (Lipinski definition) is 5. The minimum Gasteiger partial charge on any atom is -0.300 e. The second-order valence-electron chi connectivity index (χ2n) is 5.01. The molecule has 0 aliphatic heterocycles. The van der Waals surface area contributed by atoms with Gasteiger partial charge in [0.25, 0.3) is 0 Å². The molecule has 1 heterocycles. The topological polar surface area (TPSA) is 54.9 Å². The summed E-state index contributed by atoms with van der Waals surface area (Å²) in [7, 11) is 0. The molecule has 3 rings (SSSR count). The SMILES string of the molecule is O=C(Nc1nnc(SCc2ccc(Cl)cc2Cl)s1)C1CCC1. The average Bonchev–Trinajstić information content (AvgIpc) is 2.83. The predicted molar refractivity (Wildman–Crippen MR) is 91.9 cm³/mol. The smallest absolute Gasteiger partial charge is 0.229 e. The Bertz CT molecular complexity index is 688. The standard InChI is InChI=1S/C14H13Cl2N3OS2/c15-10-5-4-9(11(16)6-10)7-21-14-19-18-13(22-14)17-12(20)8-2-1-3-8/h4-6,8H,1-3,7H2,(H,17,18,20). The minimum atomic E-state index is 0.0553. The Labute approximate surface area is 146 Å². The molecule has 0 radical (unpaired) electrons. The van der Waals surface area contributed by atoms with E-state index in [0.29, 0.717) is 20.9 Å². The first kappa shape index (κ1) is 16.1. The van der Waals surface area contributed by atoms with E-state index in [0.717, 1.165) is 29.2 Å². The van der Waals surface area contributed by atoms with Crippen LogP contribution in [0.1, 0.15) is 24.8 Å². The summed E-state index contributed by atoms with van der Waals surface area (Å²) in [6, 6.07) is 5.44. The molecule has 1 aromatic carbocycles. The van der Waals surface area contributed by atoms with E-state index in [1.165, 1.54) is 23.1 Å². The van der Waals surface area contributed by atoms with Crippen molar-refractivity contribution in [3.63, 3.8) is 0 Å². The number of hydrogen-bond donors (Lipinski definition) is 1. The quantitative estimate of drug-likeness (QED) is 0.599. The maximum absolute atomic E-state index is 11.9. The zero-order valence-electron chi connectivity index (χ0n) is 11.5. The summed E-state index contributed by atoms with van der Waals surface area (Å²) in [6.07, 6.45) is 3.08. The zero-order chi connectivity index (χ0) is 15.5. The molecule has 1 amide bonds. The summed E-state index contributed by atoms with van der Waals surface area (Å²) in [4.78, 5) is 11.9. The minimum absolute atomic E-state index is 0.0553. The van der Waals surface area contributed by atoms with E-state index in [9.17, 15) is 4.79 Å². The maximum Gasteiger partial charge on any atom is 0.229 e. The van der Waals surface area contributed by atoms with Crippen LogP contribution in [0.3, 0.4) is 0 Å². The Morgan fingerprint density at radius 3 is 2.86 bits per heavy atom. The Kier molecular flexibility index (Phi) is 5.23. The molecule has 22 heavy (non-hydrogen) atoms. The molecule has 1 aromatic heterocycles. The second-order valence-corrected chi connectivity index (χ2v) is 8.06. The lowest BCUT2D eigenvalue weighted by atomic mass is 9.85. The first-order chi connectivity index (χ1) is 10.6. The van der Waals surface area contributed by atoms with E-state index >= 15 is 0 Å². The molecule has 116 valence electrons. The number of nitrogens with zero attached hydrogens (tertiary/aromatic N) is 2. The number of rotatable bonds is 5. The van der Waals surface area contributed by atoms with Crippen molar-refractivity contribution in [2.75, 3.05) is 5.32 Å². The highest BCUT2D eigenvalue weighted by molar-refractivity contribution is 8.00. The molecular formula is C14H13Cl2N3OS2. The van der Waals surface area contributed by atoms with Gasteiger partial charge in [-0.2, -0.15) is 0 Å². The number of halogens is 2. The fourth-order valence-electron chi connectivity index (χ4n) is 1.97. The van der Waals surface area contributed by atoms with Gasteiger partial charge in [0.05, 0.1) is 0 Å². The molecule has 4 nitrogen and oxygen atoms in total. The number of benzene rings is 1. The number of carbonyl (C=O) groups is 1. The van der Waals surface area contributed by atoms with Gasteiger partial charge in [0.2, 0.25) is 11.0 Å². The number of amides is 1. The first-order valence-corrected chi connectivity index (χ1v) is 9.39. The van der Waals surface area contributed by atoms with Crippen LogP contribution < -0.4 is 5.32 Å². The van der Waals surface area contributed by atoms with Gasteiger partial charge in [-0.15, -0.1) is 10.2 Å². The van der Waals surface area contributed by atoms with E-state index in [2.05, 4.69) is 15.5 Å². The number of aromatic nitrogens is 2. The largest absolute Gasteiger partial charge is 0.300 e. The van der Waals surface area contributed by atoms with Crippen LogP contribution in [0.2, 0.25) is 10.0 Å². The molecule has 8 heteroatoms. The summed E-state index contributed by atoms with van der Waals surface area (Å²) in [6.45, 7) is 0. The number of anilines is 1. The zero-order valence-corrected chi connectivity index (χ0v) is 14.7. The average molecular weight is 374 g/mol. The Morgan fingerprint density at radius 1 is 1.36 bits per heavy atom. The molecule has 0 atom stereocenters. The van der Waals surface area contributed by atoms with Crippen molar-refractivity contribution in [3.8, 4) is 0 Å². The fraction of sp³-hybridized carbons (Fsp3) is 0.357. The van der Waals surface area contributed by atoms with Crippen LogP contribution in [0.5, 0.6) is 0 Å². The molecule has 0 saturated heterocycles. The summed E-state index contributed by atoms with van der Waals surface area (Å²) in [5.74, 6) is 0.883. The number of nitrogens with one attached hydrogen (secondary N) is 1. The van der Waals surface area contributed by atoms with Gasteiger partial charge in [0.15, 0.2) is 4.34 Å². The molecule has 1 aliphatic carbocycles. The van der Waals surface area contributed by atoms with Crippen molar-refractivity contribution in [3.05, 3.63) is 33.8 Å². The summed E-state index contributed by atoms with van der Waals surface area (Å²) < 4.78 is 0.801. The Balaban J connectivity index is 1.56. The van der Waals surface area contributed by atoms with Crippen molar-refractivity contribution in [2.24, 2.45) is 5.92 Å². The van der Waals surface area contributed by atoms with Crippen molar-refractivity contribution < 1.29 is 4.79 Å². The summed E-state index contributed by atoms with van der Waals surface area (Å²) in [5.41, 5.74) is 0.992. The molecule has 0 bridgehead atoms. The van der Waals surface area contributed by atoms with Gasteiger partial charge in [0.1, 0.15) is 0 Å². The maximum atomic E-state index is 11.9. The van der Waals surface area contributed by atoms with E-state index in [-0.39, 0.29) is 11.8 Å². The van der Waals surface area contributed by atoms with Crippen LogP contribution in [0.15, 0.2) is 22.5 Å². The van der Waals surface area contributed by atoms with Gasteiger partial charge in [-0.25, -0.2) is 0 Å². The highest BCUT2D eigenvalue weighted by Gasteiger charge is 2.25. The van der Waals surface area contributed by atoms with Gasteiger partial charge < -0.3 is 5.32 Å². The van der Waals surface area contributed by atoms with Crippen LogP contribution in [0.25, 0.3) is 0 Å². The van der Waals surface area contributed by atoms with E-state index in [1.54, 1.807) is 6.07 Å². The molecule has 1 fully saturated rings. The van der Waals surface area contributed by atoms with Crippen LogP contribution in [-0.4, -0.2) is 16.1 Å². The normalized spacial score (nSPS) is 14.6. The molecule has 2 aromatic rings. The van der Waals surface area contributed by atoms with Gasteiger partial charge >= 0.3 is 0 Å². The highest BCUT2D eigenvalue weighted by atomic mass is 35.5. The molecular weight excluding hydrogens is 361 g/mol. The Hall–Kier alpha value is -0.820. The Morgan fingerprint density at radius 2 is 2.18 bits per heavy atom. The van der Waals surface area contributed by atoms with Gasteiger partial charge in [0, 0.05) is 21.7 Å². The third-order valence-electron chi connectivity index (χ3n) is 3.48. The monoisotopic (exact) mass is 373 g/mol. The number of thioether (sulfide) groups is 1.